The maximum Gasteiger partial charge on any atom is 0.138 e. The Morgan fingerprint density at radius 2 is 1.79 bits per heavy atom. The van der Waals surface area contributed by atoms with Crippen molar-refractivity contribution in [2.24, 2.45) is 39.7 Å². The Morgan fingerprint density at radius 3 is 2.50 bits per heavy atom. The van der Waals surface area contributed by atoms with Crippen LogP contribution in [0.2, 0.25) is 0 Å². The lowest BCUT2D eigenvalue weighted by Crippen LogP contribution is -2.62. The van der Waals surface area contributed by atoms with Crippen molar-refractivity contribution in [3.8, 4) is 0 Å². The number of fused-ring (bicyclic) bond motifs is 5. The summed E-state index contributed by atoms with van der Waals surface area (Å²) in [7, 11) is 0. The molecule has 4 rings (SSSR count). The summed E-state index contributed by atoms with van der Waals surface area (Å²) < 4.78 is 0. The molecule has 134 valence electrons. The van der Waals surface area contributed by atoms with Crippen LogP contribution in [-0.4, -0.2) is 11.3 Å². The first kappa shape index (κ1) is 16.8. The first-order valence-corrected chi connectivity index (χ1v) is 10.1. The molecule has 2 heteroatoms. The molecule has 2 nitrogen and oxygen atoms in total. The second-order valence-electron chi connectivity index (χ2n) is 10.5. The van der Waals surface area contributed by atoms with E-state index >= 15 is 0 Å². The number of Topliss-reactive ketones (excluding diaryl/α,β-unsaturated/α-hetero) is 1. The third-order valence-corrected chi connectivity index (χ3v) is 9.49. The lowest BCUT2D eigenvalue weighted by Gasteiger charge is -2.62. The van der Waals surface area contributed by atoms with E-state index in [1.165, 1.54) is 19.3 Å². The van der Waals surface area contributed by atoms with Gasteiger partial charge in [-0.15, -0.1) is 0 Å². The van der Waals surface area contributed by atoms with Crippen LogP contribution in [0.4, 0.5) is 0 Å². The Bertz CT molecular complexity index is 619. The molecule has 0 heterocycles. The topological polar surface area (TPSA) is 43.1 Å². The number of hydrogen-bond acceptors (Lipinski definition) is 2. The minimum absolute atomic E-state index is 0.0153. The molecule has 4 aliphatic rings. The zero-order valence-electron chi connectivity index (χ0n) is 16.2. The Labute approximate surface area is 147 Å². The third-order valence-electron chi connectivity index (χ3n) is 9.49. The second-order valence-corrected chi connectivity index (χ2v) is 10.5. The highest BCUT2D eigenvalue weighted by atomic mass is 16.1. The normalized spacial score (nSPS) is 53.0. The molecular formula is C22H35NO. The molecule has 0 aromatic rings. The van der Waals surface area contributed by atoms with Gasteiger partial charge in [0, 0.05) is 22.8 Å². The largest absolute Gasteiger partial charge is 0.324 e. The van der Waals surface area contributed by atoms with Gasteiger partial charge in [0.2, 0.25) is 0 Å². The molecule has 0 aliphatic heterocycles. The first-order chi connectivity index (χ1) is 11.1. The van der Waals surface area contributed by atoms with Gasteiger partial charge in [0.25, 0.3) is 0 Å². The summed E-state index contributed by atoms with van der Waals surface area (Å²) in [6.07, 6.45) is 10.3. The second kappa shape index (κ2) is 4.75. The van der Waals surface area contributed by atoms with Crippen molar-refractivity contribution in [2.75, 3.05) is 0 Å². The van der Waals surface area contributed by atoms with Crippen molar-refractivity contribution < 1.29 is 4.79 Å². The van der Waals surface area contributed by atoms with Crippen molar-refractivity contribution in [1.29, 1.82) is 0 Å². The molecule has 0 spiro atoms. The molecule has 0 amide bonds. The molecule has 3 fully saturated rings. The zero-order valence-corrected chi connectivity index (χ0v) is 16.2. The number of ketones is 1. The van der Waals surface area contributed by atoms with E-state index in [0.29, 0.717) is 23.5 Å². The first-order valence-electron chi connectivity index (χ1n) is 10.1. The number of carbonyl (C=O) groups is 1. The summed E-state index contributed by atoms with van der Waals surface area (Å²) in [5.74, 6) is 2.23. The van der Waals surface area contributed by atoms with E-state index in [2.05, 4.69) is 40.7 Å². The molecule has 2 N–H and O–H groups in total. The van der Waals surface area contributed by atoms with Gasteiger partial charge in [-0.1, -0.05) is 46.3 Å². The van der Waals surface area contributed by atoms with Crippen LogP contribution < -0.4 is 5.73 Å². The highest BCUT2D eigenvalue weighted by Gasteiger charge is 2.64. The molecule has 2 unspecified atom stereocenters. The Hall–Kier alpha value is -0.630. The van der Waals surface area contributed by atoms with Gasteiger partial charge in [0.05, 0.1) is 0 Å². The smallest absolute Gasteiger partial charge is 0.138 e. The fourth-order valence-electron chi connectivity index (χ4n) is 7.57. The molecule has 0 aromatic carbocycles. The number of nitrogens with two attached hydrogens (primary N) is 1. The highest BCUT2D eigenvalue weighted by molar-refractivity contribution is 5.85. The van der Waals surface area contributed by atoms with Gasteiger partial charge in [-0.2, -0.15) is 0 Å². The Kier molecular flexibility index (Phi) is 3.33. The standard InChI is InChI=1S/C22H35NO/c1-14-8-12-21(5)16-6-7-17-19(2,3)18(24)10-11-20(17,4)15(16)9-13-22(14,21)23/h6,14-15,17H,7-13,23H2,1-5H3/t14-,15?,17?,20-,21-,22-/m1/s1. The summed E-state index contributed by atoms with van der Waals surface area (Å²) in [4.78, 5) is 12.6. The zero-order chi connectivity index (χ0) is 17.5. The minimum atomic E-state index is -0.170. The maximum atomic E-state index is 12.6. The summed E-state index contributed by atoms with van der Waals surface area (Å²) in [6, 6.07) is 0. The van der Waals surface area contributed by atoms with Crippen molar-refractivity contribution in [3.63, 3.8) is 0 Å². The molecule has 0 bridgehead atoms. The average molecular weight is 330 g/mol. The molecule has 6 atom stereocenters. The van der Waals surface area contributed by atoms with Crippen LogP contribution >= 0.6 is 0 Å². The lowest BCUT2D eigenvalue weighted by molar-refractivity contribution is -0.144. The van der Waals surface area contributed by atoms with E-state index < -0.39 is 0 Å². The molecule has 24 heavy (non-hydrogen) atoms. The quantitative estimate of drug-likeness (QED) is 0.644. The molecule has 0 saturated heterocycles. The van der Waals surface area contributed by atoms with Gasteiger partial charge < -0.3 is 5.73 Å². The molecule has 0 aromatic heterocycles. The molecule has 4 aliphatic carbocycles. The molecule has 0 radical (unpaired) electrons. The third kappa shape index (κ3) is 1.74. The van der Waals surface area contributed by atoms with Gasteiger partial charge in [-0.25, -0.2) is 0 Å². The van der Waals surface area contributed by atoms with Crippen LogP contribution in [-0.2, 0) is 4.79 Å². The number of allylic oxidation sites excluding steroid dienone is 1. The maximum absolute atomic E-state index is 12.6. The highest BCUT2D eigenvalue weighted by Crippen LogP contribution is 2.68. The van der Waals surface area contributed by atoms with E-state index in [9.17, 15) is 4.79 Å². The van der Waals surface area contributed by atoms with E-state index in [1.807, 2.05) is 0 Å². The van der Waals surface area contributed by atoms with Gasteiger partial charge in [0.15, 0.2) is 0 Å². The van der Waals surface area contributed by atoms with Crippen molar-refractivity contribution in [1.82, 2.24) is 0 Å². The van der Waals surface area contributed by atoms with Gasteiger partial charge in [-0.3, -0.25) is 4.79 Å². The van der Waals surface area contributed by atoms with Gasteiger partial charge in [0.1, 0.15) is 5.78 Å². The van der Waals surface area contributed by atoms with Crippen LogP contribution in [0.15, 0.2) is 11.6 Å². The van der Waals surface area contributed by atoms with E-state index in [0.717, 1.165) is 25.7 Å². The van der Waals surface area contributed by atoms with Crippen molar-refractivity contribution >= 4 is 5.78 Å². The Morgan fingerprint density at radius 1 is 1.08 bits per heavy atom. The molecular weight excluding hydrogens is 294 g/mol. The predicted molar refractivity (Wildman–Crippen MR) is 98.5 cm³/mol. The minimum Gasteiger partial charge on any atom is -0.324 e. The van der Waals surface area contributed by atoms with Crippen LogP contribution in [0.1, 0.15) is 79.6 Å². The van der Waals surface area contributed by atoms with Crippen LogP contribution in [0.3, 0.4) is 0 Å². The van der Waals surface area contributed by atoms with Crippen LogP contribution in [0, 0.1) is 34.0 Å². The number of rotatable bonds is 0. The summed E-state index contributed by atoms with van der Waals surface area (Å²) in [6.45, 7) is 11.7. The number of carbonyl (C=O) groups excluding carboxylic acids is 1. The van der Waals surface area contributed by atoms with Crippen LogP contribution in [0.5, 0.6) is 0 Å². The van der Waals surface area contributed by atoms with E-state index in [4.69, 9.17) is 5.73 Å². The van der Waals surface area contributed by atoms with Crippen molar-refractivity contribution in [3.05, 3.63) is 11.6 Å². The van der Waals surface area contributed by atoms with Gasteiger partial charge >= 0.3 is 0 Å². The van der Waals surface area contributed by atoms with E-state index in [-0.39, 0.29) is 21.8 Å². The number of hydrogen-bond donors (Lipinski definition) is 1. The summed E-state index contributed by atoms with van der Waals surface area (Å²) in [5, 5.41) is 0. The average Bonchev–Trinajstić information content (AvgIpc) is 2.76. The van der Waals surface area contributed by atoms with Crippen LogP contribution in [0.25, 0.3) is 0 Å². The SMILES string of the molecule is C[C@@H]1CC[C@]2(C)C3=CCC4C(C)(C)C(=O)CC[C@]4(C)C3CC[C@@]12N. The van der Waals surface area contributed by atoms with E-state index in [1.54, 1.807) is 5.57 Å². The van der Waals surface area contributed by atoms with Gasteiger partial charge in [-0.05, 0) is 61.7 Å². The molecule has 3 saturated carbocycles. The predicted octanol–water partition coefficient (Wildman–Crippen LogP) is 4.87. The Balaban J connectivity index is 1.80. The summed E-state index contributed by atoms with van der Waals surface area (Å²) >= 11 is 0. The fourth-order valence-corrected chi connectivity index (χ4v) is 7.57. The fraction of sp³-hybridized carbons (Fsp3) is 0.864. The monoisotopic (exact) mass is 329 g/mol. The lowest BCUT2D eigenvalue weighted by atomic mass is 9.42. The van der Waals surface area contributed by atoms with Crippen molar-refractivity contribution in [2.45, 2.75) is 85.1 Å². The summed E-state index contributed by atoms with van der Waals surface area (Å²) in [5.41, 5.74) is 8.98.